The van der Waals surface area contributed by atoms with Crippen LogP contribution in [0.5, 0.6) is 0 Å². The van der Waals surface area contributed by atoms with Crippen molar-refractivity contribution in [1.29, 1.82) is 0 Å². The number of hydrogen-bond donors (Lipinski definition) is 1. The number of anilines is 1. The van der Waals surface area contributed by atoms with Crippen LogP contribution in [-0.4, -0.2) is 25.4 Å². The van der Waals surface area contributed by atoms with Gasteiger partial charge in [0.15, 0.2) is 4.96 Å². The molecule has 0 spiro atoms. The molecule has 0 aliphatic heterocycles. The van der Waals surface area contributed by atoms with Crippen molar-refractivity contribution < 1.29 is 13.7 Å². The summed E-state index contributed by atoms with van der Waals surface area (Å²) in [6.07, 6.45) is 3.21. The van der Waals surface area contributed by atoms with E-state index in [9.17, 15) is 9.18 Å². The van der Waals surface area contributed by atoms with Crippen molar-refractivity contribution in [3.05, 3.63) is 65.1 Å². The molecule has 0 saturated heterocycles. The molecular formula is C21H16FN5O2S2. The fourth-order valence-corrected chi connectivity index (χ4v) is 4.53. The Hall–Kier alpha value is -3.37. The lowest BCUT2D eigenvalue weighted by molar-refractivity contribution is -0.116. The predicted octanol–water partition coefficient (Wildman–Crippen LogP) is 5.27. The fraction of sp³-hybridized carbons (Fsp3) is 0.143. The van der Waals surface area contributed by atoms with Gasteiger partial charge in [-0.05, 0) is 42.1 Å². The number of rotatable bonds is 7. The molecule has 1 aromatic carbocycles. The van der Waals surface area contributed by atoms with E-state index in [1.54, 1.807) is 23.5 Å². The van der Waals surface area contributed by atoms with E-state index in [0.29, 0.717) is 36.1 Å². The van der Waals surface area contributed by atoms with Crippen LogP contribution in [-0.2, 0) is 11.2 Å². The Balaban J connectivity index is 1.26. The number of carbonyl (C=O) groups excluding carboxylic acids is 1. The lowest BCUT2D eigenvalue weighted by Gasteiger charge is -2.07. The Bertz CT molecular complexity index is 1320. The topological polar surface area (TPSA) is 85.3 Å². The van der Waals surface area contributed by atoms with Crippen LogP contribution in [0.15, 0.2) is 57.9 Å². The van der Waals surface area contributed by atoms with E-state index >= 15 is 0 Å². The minimum absolute atomic E-state index is 0.144. The van der Waals surface area contributed by atoms with Crippen LogP contribution in [0.25, 0.3) is 26.9 Å². The maximum Gasteiger partial charge on any atom is 0.226 e. The van der Waals surface area contributed by atoms with E-state index in [1.807, 2.05) is 33.5 Å². The highest BCUT2D eigenvalue weighted by Crippen LogP contribution is 2.31. The van der Waals surface area contributed by atoms with Gasteiger partial charge in [0.2, 0.25) is 17.6 Å². The number of nitrogens with one attached hydrogen (secondary N) is 1. The molecule has 5 rings (SSSR count). The van der Waals surface area contributed by atoms with Crippen LogP contribution in [0.2, 0.25) is 0 Å². The molecule has 0 fully saturated rings. The number of nitrogens with zero attached hydrogens (tertiary/aromatic N) is 4. The first kappa shape index (κ1) is 19.6. The third-order valence-corrected chi connectivity index (χ3v) is 6.26. The summed E-state index contributed by atoms with van der Waals surface area (Å²) in [4.78, 5) is 23.3. The molecule has 5 aromatic rings. The lowest BCUT2D eigenvalue weighted by atomic mass is 10.1. The van der Waals surface area contributed by atoms with Crippen molar-refractivity contribution in [2.75, 3.05) is 5.32 Å². The normalized spacial score (nSPS) is 11.3. The summed E-state index contributed by atoms with van der Waals surface area (Å²) in [5.41, 5.74) is 1.34. The summed E-state index contributed by atoms with van der Waals surface area (Å²) in [6.45, 7) is 0. The van der Waals surface area contributed by atoms with Gasteiger partial charge in [0, 0.05) is 30.0 Å². The Morgan fingerprint density at radius 1 is 1.13 bits per heavy atom. The number of imidazole rings is 1. The van der Waals surface area contributed by atoms with Gasteiger partial charge < -0.3 is 9.84 Å². The molecule has 7 nitrogen and oxygen atoms in total. The fourth-order valence-electron chi connectivity index (χ4n) is 3.17. The number of aromatic nitrogens is 4. The minimum atomic E-state index is -0.321. The number of aryl methyl sites for hydroxylation is 1. The third kappa shape index (κ3) is 4.12. The smallest absolute Gasteiger partial charge is 0.226 e. The SMILES string of the molecule is O=C(CCCc1nc(-c2cccs2)no1)Nc1c(-c2ccc(F)cc2)nc2sccn12. The summed E-state index contributed by atoms with van der Waals surface area (Å²) in [7, 11) is 0. The van der Waals surface area contributed by atoms with Gasteiger partial charge in [-0.3, -0.25) is 9.20 Å². The van der Waals surface area contributed by atoms with Crippen LogP contribution in [0.4, 0.5) is 10.2 Å². The minimum Gasteiger partial charge on any atom is -0.339 e. The lowest BCUT2D eigenvalue weighted by Crippen LogP contribution is -2.13. The number of hydrogen-bond acceptors (Lipinski definition) is 7. The molecule has 4 aromatic heterocycles. The van der Waals surface area contributed by atoms with E-state index in [1.165, 1.54) is 23.5 Å². The molecule has 1 amide bonds. The second-order valence-electron chi connectivity index (χ2n) is 6.76. The summed E-state index contributed by atoms with van der Waals surface area (Å²) in [5, 5.41) is 10.8. The molecule has 0 atom stereocenters. The van der Waals surface area contributed by atoms with Gasteiger partial charge in [-0.1, -0.05) is 11.2 Å². The predicted molar refractivity (Wildman–Crippen MR) is 118 cm³/mol. The van der Waals surface area contributed by atoms with E-state index in [2.05, 4.69) is 20.4 Å². The van der Waals surface area contributed by atoms with Crippen LogP contribution in [0.3, 0.4) is 0 Å². The number of carbonyl (C=O) groups is 1. The van der Waals surface area contributed by atoms with Crippen molar-refractivity contribution in [2.45, 2.75) is 19.3 Å². The number of benzene rings is 1. The highest BCUT2D eigenvalue weighted by atomic mass is 32.1. The van der Waals surface area contributed by atoms with E-state index in [-0.39, 0.29) is 18.1 Å². The van der Waals surface area contributed by atoms with Crippen molar-refractivity contribution in [3.63, 3.8) is 0 Å². The Kier molecular flexibility index (Phi) is 5.31. The first-order valence-electron chi connectivity index (χ1n) is 9.55. The van der Waals surface area contributed by atoms with Crippen LogP contribution in [0, 0.1) is 5.82 Å². The van der Waals surface area contributed by atoms with Crippen molar-refractivity contribution >= 4 is 39.4 Å². The highest BCUT2D eigenvalue weighted by Gasteiger charge is 2.18. The molecule has 0 aliphatic rings. The van der Waals surface area contributed by atoms with Gasteiger partial charge >= 0.3 is 0 Å². The first-order chi connectivity index (χ1) is 15.2. The largest absolute Gasteiger partial charge is 0.339 e. The quantitative estimate of drug-likeness (QED) is 0.363. The van der Waals surface area contributed by atoms with E-state index in [0.717, 1.165) is 15.4 Å². The highest BCUT2D eigenvalue weighted by molar-refractivity contribution is 7.15. The molecule has 10 heteroatoms. The zero-order valence-corrected chi connectivity index (χ0v) is 17.8. The first-order valence-corrected chi connectivity index (χ1v) is 11.3. The molecule has 156 valence electrons. The third-order valence-electron chi connectivity index (χ3n) is 4.64. The molecule has 0 bridgehead atoms. The second-order valence-corrected chi connectivity index (χ2v) is 8.58. The van der Waals surface area contributed by atoms with Gasteiger partial charge in [0.1, 0.15) is 17.3 Å². The summed E-state index contributed by atoms with van der Waals surface area (Å²) in [5.74, 6) is 1.18. The maximum atomic E-state index is 13.3. The molecular weight excluding hydrogens is 437 g/mol. The standard InChI is InChI=1S/C21H16FN5O2S2/c22-14-8-6-13(7-9-14)18-20(27-10-12-31-21(27)25-18)23-16(28)4-1-5-17-24-19(26-29-17)15-3-2-11-30-15/h2-3,6-12H,1,4-5H2,(H,23,28). The number of fused-ring (bicyclic) bond motifs is 1. The van der Waals surface area contributed by atoms with Crippen LogP contribution < -0.4 is 5.32 Å². The number of thiazole rings is 1. The van der Waals surface area contributed by atoms with Gasteiger partial charge in [0.05, 0.1) is 4.88 Å². The molecule has 0 saturated carbocycles. The maximum absolute atomic E-state index is 13.3. The van der Waals surface area contributed by atoms with E-state index < -0.39 is 0 Å². The average Bonchev–Trinajstić information content (AvgIpc) is 3.55. The summed E-state index contributed by atoms with van der Waals surface area (Å²) in [6, 6.07) is 9.92. The Morgan fingerprint density at radius 2 is 2.00 bits per heavy atom. The number of thiophene rings is 1. The van der Waals surface area contributed by atoms with Crippen LogP contribution >= 0.6 is 22.7 Å². The summed E-state index contributed by atoms with van der Waals surface area (Å²) >= 11 is 3.01. The molecule has 0 aliphatic carbocycles. The van der Waals surface area contributed by atoms with Crippen molar-refractivity contribution in [1.82, 2.24) is 19.5 Å². The molecule has 31 heavy (non-hydrogen) atoms. The van der Waals surface area contributed by atoms with Gasteiger partial charge in [-0.25, -0.2) is 9.37 Å². The zero-order valence-electron chi connectivity index (χ0n) is 16.1. The molecule has 4 heterocycles. The Morgan fingerprint density at radius 3 is 2.81 bits per heavy atom. The van der Waals surface area contributed by atoms with Gasteiger partial charge in [-0.2, -0.15) is 4.98 Å². The zero-order chi connectivity index (χ0) is 21.2. The number of halogens is 1. The van der Waals surface area contributed by atoms with Crippen LogP contribution in [0.1, 0.15) is 18.7 Å². The second kappa shape index (κ2) is 8.40. The molecule has 1 N–H and O–H groups in total. The molecule has 0 radical (unpaired) electrons. The molecule has 0 unspecified atom stereocenters. The van der Waals surface area contributed by atoms with Gasteiger partial charge in [0.25, 0.3) is 0 Å². The van der Waals surface area contributed by atoms with Gasteiger partial charge in [-0.15, -0.1) is 22.7 Å². The van der Waals surface area contributed by atoms with E-state index in [4.69, 9.17) is 4.52 Å². The monoisotopic (exact) mass is 453 g/mol. The Labute approximate surface area is 184 Å². The number of amides is 1. The summed E-state index contributed by atoms with van der Waals surface area (Å²) < 4.78 is 20.4. The average molecular weight is 454 g/mol. The van der Waals surface area contributed by atoms with Crippen molar-refractivity contribution in [3.8, 4) is 22.0 Å². The van der Waals surface area contributed by atoms with Crippen molar-refractivity contribution in [2.24, 2.45) is 0 Å².